The third-order valence-corrected chi connectivity index (χ3v) is 11.6. The maximum absolute atomic E-state index is 12.9. The number of anilines is 6. The number of nitrogens with zero attached hydrogens (tertiary/aromatic N) is 10. The second kappa shape index (κ2) is 13.3. The summed E-state index contributed by atoms with van der Waals surface area (Å²) in [5, 5.41) is 9.06. The molecule has 0 atom stereocenters. The lowest BCUT2D eigenvalue weighted by Crippen LogP contribution is -2.47. The highest BCUT2D eigenvalue weighted by atomic mass is 16.2. The lowest BCUT2D eigenvalue weighted by atomic mass is 9.73. The summed E-state index contributed by atoms with van der Waals surface area (Å²) < 4.78 is 1.94. The van der Waals surface area contributed by atoms with Gasteiger partial charge in [0.15, 0.2) is 28.6 Å². The minimum absolute atomic E-state index is 0.102. The number of nitrogen functional groups attached to an aromatic ring is 1. The largest absolute Gasteiger partial charge is 0.393 e. The second-order valence-corrected chi connectivity index (χ2v) is 14.3. The standard InChI is InChI=1S/C22H20N8O.C17H20N6O/c1-29-18(14-10-23-12-24-11-14)28-17-19(29)25-13-26-20(17)30-8-6-22(7-9-30)15-4-2-3-5-16(15)27-21(22)31;1-19-14-13(18)15(21-10-20-14)23-8-6-17(7-9-23)11-4-2-3-5-12(11)22-16(17)24/h2-5,10-13H,6-9H2,1H3,(H,27,31);2-5,10H,6-9,18H2,1H3,(H,22,24)(H,19,20,21). The number of nitrogens with one attached hydrogen (secondary N) is 3. The predicted molar refractivity (Wildman–Crippen MR) is 210 cm³/mol. The van der Waals surface area contributed by atoms with Gasteiger partial charge in [-0.25, -0.2) is 34.9 Å². The molecule has 10 rings (SSSR count). The van der Waals surface area contributed by atoms with Crippen molar-refractivity contribution in [3.05, 3.63) is 91.0 Å². The van der Waals surface area contributed by atoms with Gasteiger partial charge in [0.1, 0.15) is 30.5 Å². The Labute approximate surface area is 316 Å². The summed E-state index contributed by atoms with van der Waals surface area (Å²) in [7, 11) is 3.72. The van der Waals surface area contributed by atoms with Gasteiger partial charge in [0.25, 0.3) is 0 Å². The first-order valence-corrected chi connectivity index (χ1v) is 18.4. The molecule has 0 unspecified atom stereocenters. The van der Waals surface area contributed by atoms with E-state index < -0.39 is 10.8 Å². The zero-order valence-corrected chi connectivity index (χ0v) is 30.5. The number of aryl methyl sites for hydroxylation is 1. The fraction of sp³-hybridized carbons (Fsp3) is 0.308. The summed E-state index contributed by atoms with van der Waals surface area (Å²) in [6.45, 7) is 2.89. The number of imidazole rings is 1. The lowest BCUT2D eigenvalue weighted by Gasteiger charge is -2.38. The first kappa shape index (κ1) is 34.1. The van der Waals surface area contributed by atoms with Crippen LogP contribution in [0.15, 0.2) is 79.9 Å². The lowest BCUT2D eigenvalue weighted by molar-refractivity contribution is -0.122. The molecule has 2 aromatic carbocycles. The molecule has 2 spiro atoms. The molecule has 0 radical (unpaired) electrons. The molecule has 55 heavy (non-hydrogen) atoms. The van der Waals surface area contributed by atoms with E-state index in [0.717, 1.165) is 95.5 Å². The van der Waals surface area contributed by atoms with E-state index in [0.29, 0.717) is 24.6 Å². The van der Waals surface area contributed by atoms with Gasteiger partial charge >= 0.3 is 0 Å². The van der Waals surface area contributed by atoms with Crippen LogP contribution in [-0.2, 0) is 27.5 Å². The van der Waals surface area contributed by atoms with Crippen molar-refractivity contribution < 1.29 is 9.59 Å². The number of nitrogens with two attached hydrogens (primary N) is 1. The van der Waals surface area contributed by atoms with Gasteiger partial charge in [-0.05, 0) is 48.9 Å². The minimum Gasteiger partial charge on any atom is -0.393 e. The van der Waals surface area contributed by atoms with Crippen LogP contribution in [0.4, 0.5) is 34.5 Å². The highest BCUT2D eigenvalue weighted by Crippen LogP contribution is 2.47. The van der Waals surface area contributed by atoms with Crippen LogP contribution in [0, 0.1) is 0 Å². The topological polar surface area (TPSA) is 198 Å². The van der Waals surface area contributed by atoms with Crippen molar-refractivity contribution >= 4 is 57.5 Å². The number of benzene rings is 2. The van der Waals surface area contributed by atoms with Crippen LogP contribution in [0.3, 0.4) is 0 Å². The summed E-state index contributed by atoms with van der Waals surface area (Å²) >= 11 is 0. The number of carbonyl (C=O) groups excluding carboxylic acids is 2. The van der Waals surface area contributed by atoms with E-state index >= 15 is 0 Å². The normalized spacial score (nSPS) is 17.7. The predicted octanol–water partition coefficient (Wildman–Crippen LogP) is 3.90. The highest BCUT2D eigenvalue weighted by Gasteiger charge is 2.49. The first-order chi connectivity index (χ1) is 26.8. The van der Waals surface area contributed by atoms with Crippen LogP contribution < -0.4 is 31.5 Å². The molecule has 278 valence electrons. The van der Waals surface area contributed by atoms with E-state index in [1.807, 2.05) is 48.0 Å². The van der Waals surface area contributed by atoms with Gasteiger partial charge in [0.05, 0.1) is 16.4 Å². The van der Waals surface area contributed by atoms with E-state index in [1.54, 1.807) is 25.8 Å². The van der Waals surface area contributed by atoms with Gasteiger partial charge in [-0.1, -0.05) is 36.4 Å². The summed E-state index contributed by atoms with van der Waals surface area (Å²) in [5.41, 5.74) is 12.2. The molecular weight excluding hydrogens is 697 g/mol. The molecule has 6 aromatic rings. The quantitative estimate of drug-likeness (QED) is 0.204. The zero-order chi connectivity index (χ0) is 37.7. The van der Waals surface area contributed by atoms with E-state index in [1.165, 1.54) is 12.7 Å². The fourth-order valence-corrected chi connectivity index (χ4v) is 8.67. The third-order valence-electron chi connectivity index (χ3n) is 11.6. The van der Waals surface area contributed by atoms with Crippen LogP contribution >= 0.6 is 0 Å². The Kier molecular flexibility index (Phi) is 8.24. The number of aromatic nitrogens is 8. The molecule has 0 aliphatic carbocycles. The number of rotatable bonds is 4. The summed E-state index contributed by atoms with van der Waals surface area (Å²) in [6.07, 6.45) is 11.0. The number of para-hydroxylation sites is 2. The van der Waals surface area contributed by atoms with Gasteiger partial charge in [-0.15, -0.1) is 0 Å². The average Bonchev–Trinajstić information content (AvgIpc) is 3.81. The van der Waals surface area contributed by atoms with E-state index in [9.17, 15) is 9.59 Å². The van der Waals surface area contributed by atoms with Crippen molar-refractivity contribution in [3.63, 3.8) is 0 Å². The Bertz CT molecular complexity index is 2430. The van der Waals surface area contributed by atoms with Gasteiger partial charge in [0, 0.05) is 64.0 Å². The monoisotopic (exact) mass is 736 g/mol. The van der Waals surface area contributed by atoms with Crippen molar-refractivity contribution in [2.24, 2.45) is 7.05 Å². The molecule has 0 bridgehead atoms. The van der Waals surface area contributed by atoms with Gasteiger partial charge in [-0.3, -0.25) is 9.59 Å². The number of hydrogen-bond donors (Lipinski definition) is 4. The second-order valence-electron chi connectivity index (χ2n) is 14.3. The van der Waals surface area contributed by atoms with Gasteiger partial charge < -0.3 is 36.1 Å². The van der Waals surface area contributed by atoms with Crippen molar-refractivity contribution in [3.8, 4) is 11.4 Å². The molecular formula is C39H40N14O2. The Morgan fingerprint density at radius 1 is 0.709 bits per heavy atom. The Morgan fingerprint density at radius 3 is 1.82 bits per heavy atom. The number of piperidine rings is 2. The smallest absolute Gasteiger partial charge is 0.235 e. The van der Waals surface area contributed by atoms with Crippen LogP contribution in [0.2, 0.25) is 0 Å². The van der Waals surface area contributed by atoms with Crippen molar-refractivity contribution in [1.82, 2.24) is 39.5 Å². The molecule has 4 aliphatic rings. The number of carbonyl (C=O) groups is 2. The first-order valence-electron chi connectivity index (χ1n) is 18.4. The minimum atomic E-state index is -0.462. The van der Waals surface area contributed by atoms with Crippen LogP contribution in [0.1, 0.15) is 36.8 Å². The van der Waals surface area contributed by atoms with Gasteiger partial charge in [0.2, 0.25) is 11.8 Å². The van der Waals surface area contributed by atoms with E-state index in [4.69, 9.17) is 10.7 Å². The molecule has 8 heterocycles. The Balaban J connectivity index is 0.000000149. The van der Waals surface area contributed by atoms with Gasteiger partial charge in [-0.2, -0.15) is 0 Å². The average molecular weight is 737 g/mol. The van der Waals surface area contributed by atoms with E-state index in [2.05, 4.69) is 67.8 Å². The SMILES string of the molecule is CNc1ncnc(N2CCC3(CC2)C(=O)Nc2ccccc23)c1N.Cn1c(-c2cncnc2)nc2c(N3CCC4(CC3)C(=O)Nc3ccccc34)ncnc21. The fourth-order valence-electron chi connectivity index (χ4n) is 8.67. The van der Waals surface area contributed by atoms with Crippen molar-refractivity contribution in [2.75, 3.05) is 64.7 Å². The summed E-state index contributed by atoms with van der Waals surface area (Å²) in [5.74, 6) is 3.11. The van der Waals surface area contributed by atoms with Crippen molar-refractivity contribution in [2.45, 2.75) is 36.5 Å². The third kappa shape index (κ3) is 5.46. The van der Waals surface area contributed by atoms with Crippen LogP contribution in [0.25, 0.3) is 22.6 Å². The molecule has 0 saturated carbocycles. The number of amides is 2. The Morgan fingerprint density at radius 2 is 1.24 bits per heavy atom. The van der Waals surface area contributed by atoms with Crippen LogP contribution in [0.5, 0.6) is 0 Å². The molecule has 2 fully saturated rings. The molecule has 2 amide bonds. The summed E-state index contributed by atoms with van der Waals surface area (Å²) in [4.78, 5) is 60.4. The molecule has 4 aromatic heterocycles. The maximum atomic E-state index is 12.9. The van der Waals surface area contributed by atoms with E-state index in [-0.39, 0.29) is 11.8 Å². The molecule has 4 aliphatic heterocycles. The summed E-state index contributed by atoms with van der Waals surface area (Å²) in [6, 6.07) is 16.0. The number of hydrogen-bond acceptors (Lipinski definition) is 13. The molecule has 2 saturated heterocycles. The van der Waals surface area contributed by atoms with Crippen LogP contribution in [-0.4, -0.2) is 84.5 Å². The number of fused-ring (bicyclic) bond motifs is 5. The molecule has 5 N–H and O–H groups in total. The highest BCUT2D eigenvalue weighted by molar-refractivity contribution is 6.07. The zero-order valence-electron chi connectivity index (χ0n) is 30.5. The van der Waals surface area contributed by atoms with Crippen molar-refractivity contribution in [1.29, 1.82) is 0 Å². The molecule has 16 nitrogen and oxygen atoms in total. The Hall–Kier alpha value is -6.71. The maximum Gasteiger partial charge on any atom is 0.235 e. The molecule has 16 heteroatoms.